The molecule has 1 nitrogen and oxygen atoms in total. The van der Waals surface area contributed by atoms with Crippen LogP contribution in [0, 0.1) is 11.3 Å². The van der Waals surface area contributed by atoms with E-state index in [0.717, 1.165) is 16.7 Å². The van der Waals surface area contributed by atoms with E-state index in [1.165, 1.54) is 0 Å². The first-order valence-corrected chi connectivity index (χ1v) is 5.08. The van der Waals surface area contributed by atoms with Crippen molar-refractivity contribution in [2.24, 2.45) is 0 Å². The van der Waals surface area contributed by atoms with E-state index in [0.29, 0.717) is 5.56 Å². The topological polar surface area (TPSA) is 23.8 Å². The quantitative estimate of drug-likeness (QED) is 0.730. The number of nitrogens with zero attached hydrogens (tertiary/aromatic N) is 1. The molecule has 16 heavy (non-hydrogen) atoms. The van der Waals surface area contributed by atoms with Crippen LogP contribution >= 0.6 is 0 Å². The first-order chi connectivity index (χ1) is 7.86. The van der Waals surface area contributed by atoms with Gasteiger partial charge in [-0.05, 0) is 11.1 Å². The molecule has 2 aromatic rings. The number of nitriles is 1. The van der Waals surface area contributed by atoms with Gasteiger partial charge in [0, 0.05) is 5.56 Å². The van der Waals surface area contributed by atoms with Gasteiger partial charge in [0.05, 0.1) is 5.56 Å². The molecule has 0 saturated heterocycles. The maximum absolute atomic E-state index is 9.19. The van der Waals surface area contributed by atoms with E-state index < -0.39 is 0 Å². The highest BCUT2D eigenvalue weighted by atomic mass is 14.3. The summed E-state index contributed by atoms with van der Waals surface area (Å²) in [5, 5.41) is 9.19. The van der Waals surface area contributed by atoms with Crippen molar-refractivity contribution in [3.05, 3.63) is 66.2 Å². The van der Waals surface area contributed by atoms with Crippen molar-refractivity contribution in [2.75, 3.05) is 0 Å². The lowest BCUT2D eigenvalue weighted by atomic mass is 9.96. The van der Waals surface area contributed by atoms with Crippen molar-refractivity contribution in [2.45, 2.75) is 0 Å². The highest BCUT2D eigenvalue weighted by molar-refractivity contribution is 5.75. The zero-order valence-corrected chi connectivity index (χ0v) is 8.85. The van der Waals surface area contributed by atoms with Crippen molar-refractivity contribution in [1.29, 1.82) is 5.26 Å². The summed E-state index contributed by atoms with van der Waals surface area (Å²) in [4.78, 5) is 0. The van der Waals surface area contributed by atoms with E-state index in [-0.39, 0.29) is 0 Å². The Bertz CT molecular complexity index is 547. The van der Waals surface area contributed by atoms with Gasteiger partial charge in [0.15, 0.2) is 0 Å². The molecule has 0 heterocycles. The molecule has 0 aliphatic rings. The van der Waals surface area contributed by atoms with Crippen LogP contribution in [-0.4, -0.2) is 0 Å². The van der Waals surface area contributed by atoms with E-state index in [1.54, 1.807) is 6.08 Å². The maximum Gasteiger partial charge on any atom is 0.100 e. The Hall–Kier alpha value is -2.33. The molecule has 2 rings (SSSR count). The average molecular weight is 205 g/mol. The zero-order valence-electron chi connectivity index (χ0n) is 8.85. The third kappa shape index (κ3) is 1.74. The number of hydrogen-bond acceptors (Lipinski definition) is 1. The van der Waals surface area contributed by atoms with Crippen molar-refractivity contribution in [3.63, 3.8) is 0 Å². The first kappa shape index (κ1) is 10.2. The molecule has 1 heteroatoms. The van der Waals surface area contributed by atoms with Crippen LogP contribution < -0.4 is 0 Å². The number of benzene rings is 2. The third-order valence-corrected chi connectivity index (χ3v) is 2.51. The fourth-order valence-electron chi connectivity index (χ4n) is 1.72. The molecule has 0 fully saturated rings. The number of rotatable bonds is 2. The molecule has 0 atom stereocenters. The highest BCUT2D eigenvalue weighted by Crippen LogP contribution is 2.25. The lowest BCUT2D eigenvalue weighted by Gasteiger charge is -2.06. The average Bonchev–Trinajstić information content (AvgIpc) is 2.38. The van der Waals surface area contributed by atoms with Gasteiger partial charge in [-0.1, -0.05) is 61.2 Å². The van der Waals surface area contributed by atoms with Crippen LogP contribution in [-0.2, 0) is 0 Å². The lowest BCUT2D eigenvalue weighted by Crippen LogP contribution is -1.87. The molecule has 0 saturated carbocycles. The summed E-state index contributed by atoms with van der Waals surface area (Å²) in [6, 6.07) is 18.0. The van der Waals surface area contributed by atoms with Crippen LogP contribution in [0.2, 0.25) is 0 Å². The summed E-state index contributed by atoms with van der Waals surface area (Å²) in [6.45, 7) is 3.72. The Kier molecular flexibility index (Phi) is 2.84. The molecule has 0 N–H and O–H groups in total. The largest absolute Gasteiger partial charge is 0.192 e. The van der Waals surface area contributed by atoms with Crippen molar-refractivity contribution in [3.8, 4) is 17.2 Å². The van der Waals surface area contributed by atoms with E-state index in [4.69, 9.17) is 0 Å². The second-order valence-corrected chi connectivity index (χ2v) is 3.45. The van der Waals surface area contributed by atoms with Crippen LogP contribution in [0.15, 0.2) is 55.1 Å². The first-order valence-electron chi connectivity index (χ1n) is 5.08. The summed E-state index contributed by atoms with van der Waals surface area (Å²) in [5.74, 6) is 0. The van der Waals surface area contributed by atoms with Gasteiger partial charge in [-0.25, -0.2) is 0 Å². The summed E-state index contributed by atoms with van der Waals surface area (Å²) in [7, 11) is 0. The Morgan fingerprint density at radius 1 is 1.00 bits per heavy atom. The fourth-order valence-corrected chi connectivity index (χ4v) is 1.72. The minimum atomic E-state index is 0.684. The molecule has 0 bridgehead atoms. The molecule has 0 unspecified atom stereocenters. The van der Waals surface area contributed by atoms with Gasteiger partial charge in [0.2, 0.25) is 0 Å². The summed E-state index contributed by atoms with van der Waals surface area (Å²) in [5.41, 5.74) is 3.58. The molecular weight excluding hydrogens is 194 g/mol. The van der Waals surface area contributed by atoms with E-state index in [1.807, 2.05) is 48.5 Å². The van der Waals surface area contributed by atoms with Crippen LogP contribution in [0.4, 0.5) is 0 Å². The fraction of sp³-hybridized carbons (Fsp3) is 0. The van der Waals surface area contributed by atoms with Gasteiger partial charge in [0.25, 0.3) is 0 Å². The van der Waals surface area contributed by atoms with Crippen LogP contribution in [0.5, 0.6) is 0 Å². The molecule has 2 aromatic carbocycles. The second-order valence-electron chi connectivity index (χ2n) is 3.45. The van der Waals surface area contributed by atoms with Gasteiger partial charge in [-0.3, -0.25) is 0 Å². The predicted molar refractivity (Wildman–Crippen MR) is 66.7 cm³/mol. The van der Waals surface area contributed by atoms with E-state index in [9.17, 15) is 5.26 Å². The highest BCUT2D eigenvalue weighted by Gasteiger charge is 2.06. The summed E-state index contributed by atoms with van der Waals surface area (Å²) >= 11 is 0. The summed E-state index contributed by atoms with van der Waals surface area (Å²) in [6.07, 6.45) is 1.71. The van der Waals surface area contributed by atoms with Crippen molar-refractivity contribution in [1.82, 2.24) is 0 Å². The van der Waals surface area contributed by atoms with Gasteiger partial charge in [0.1, 0.15) is 6.07 Å². The second kappa shape index (κ2) is 4.46. The van der Waals surface area contributed by atoms with Gasteiger partial charge >= 0.3 is 0 Å². The Balaban J connectivity index is 2.67. The molecule has 0 amide bonds. The zero-order chi connectivity index (χ0) is 11.4. The van der Waals surface area contributed by atoms with Crippen molar-refractivity contribution < 1.29 is 0 Å². The molecule has 0 spiro atoms. The SMILES string of the molecule is C=Cc1cccc(-c2ccccc2)c1C#N. The van der Waals surface area contributed by atoms with E-state index >= 15 is 0 Å². The molecule has 76 valence electrons. The maximum atomic E-state index is 9.19. The van der Waals surface area contributed by atoms with Crippen LogP contribution in [0.25, 0.3) is 17.2 Å². The molecule has 0 aliphatic carbocycles. The normalized spacial score (nSPS) is 9.44. The smallest absolute Gasteiger partial charge is 0.100 e. The molecular formula is C15H11N. The number of hydrogen-bond donors (Lipinski definition) is 0. The van der Waals surface area contributed by atoms with Crippen molar-refractivity contribution >= 4 is 6.08 Å². The predicted octanol–water partition coefficient (Wildman–Crippen LogP) is 3.87. The van der Waals surface area contributed by atoms with Gasteiger partial charge < -0.3 is 0 Å². The van der Waals surface area contributed by atoms with Crippen LogP contribution in [0.3, 0.4) is 0 Å². The minimum absolute atomic E-state index is 0.684. The molecule has 0 aliphatic heterocycles. The Morgan fingerprint density at radius 3 is 2.38 bits per heavy atom. The lowest BCUT2D eigenvalue weighted by molar-refractivity contribution is 1.46. The monoisotopic (exact) mass is 205 g/mol. The van der Waals surface area contributed by atoms with Crippen LogP contribution in [0.1, 0.15) is 11.1 Å². The Morgan fingerprint density at radius 2 is 1.75 bits per heavy atom. The Labute approximate surface area is 95.3 Å². The minimum Gasteiger partial charge on any atom is -0.192 e. The van der Waals surface area contributed by atoms with Gasteiger partial charge in [-0.15, -0.1) is 0 Å². The van der Waals surface area contributed by atoms with E-state index in [2.05, 4.69) is 12.6 Å². The van der Waals surface area contributed by atoms with Gasteiger partial charge in [-0.2, -0.15) is 5.26 Å². The standard InChI is InChI=1S/C15H11N/c1-2-12-9-6-10-14(15(12)11-16)13-7-4-3-5-8-13/h2-10H,1H2. The molecule has 0 radical (unpaired) electrons. The summed E-state index contributed by atoms with van der Waals surface area (Å²) < 4.78 is 0. The molecule has 0 aromatic heterocycles. The third-order valence-electron chi connectivity index (χ3n) is 2.51.